The third-order valence-electron chi connectivity index (χ3n) is 12.5. The number of rotatable bonds is 8. The van der Waals surface area contributed by atoms with Crippen molar-refractivity contribution in [3.8, 4) is 22.8 Å². The summed E-state index contributed by atoms with van der Waals surface area (Å²) >= 11 is 0. The number of imide groups is 1. The number of phenols is 2. The number of benzene rings is 4. The van der Waals surface area contributed by atoms with E-state index in [1.54, 1.807) is 23.1 Å². The van der Waals surface area contributed by atoms with Crippen LogP contribution in [0.4, 0.5) is 11.4 Å². The minimum absolute atomic E-state index is 0.130. The Bertz CT molecular complexity index is 2300. The lowest BCUT2D eigenvalue weighted by Gasteiger charge is -2.40. The topological polar surface area (TPSA) is 122 Å². The number of piperazine rings is 1. The van der Waals surface area contributed by atoms with Gasteiger partial charge in [0.1, 0.15) is 17.5 Å². The Kier molecular flexibility index (Phi) is 9.41. The quantitative estimate of drug-likeness (QED) is 0.168. The molecule has 0 aliphatic carbocycles. The van der Waals surface area contributed by atoms with E-state index in [9.17, 15) is 24.6 Å². The second kappa shape index (κ2) is 14.7. The van der Waals surface area contributed by atoms with Crippen molar-refractivity contribution in [2.24, 2.45) is 5.92 Å². The number of nitrogens with zero attached hydrogens (tertiary/aromatic N) is 5. The largest absolute Gasteiger partial charge is 0.508 e. The van der Waals surface area contributed by atoms with Crippen LogP contribution >= 0.6 is 0 Å². The van der Waals surface area contributed by atoms with Gasteiger partial charge in [0.15, 0.2) is 0 Å². The maximum Gasteiger partial charge on any atom is 0.255 e. The summed E-state index contributed by atoms with van der Waals surface area (Å²) in [5, 5.41) is 23.6. The molecule has 0 radical (unpaired) electrons. The number of hydrogen-bond acceptors (Lipinski definition) is 8. The van der Waals surface area contributed by atoms with E-state index < -0.39 is 6.04 Å². The fraction of sp³-hybridized carbons (Fsp3) is 0.356. The SMILES string of the molecule is Cc1c(-c2ccc(O)cc2)n(Cc2ccc(N3CCC(CN4CCN(c5ccc6c(c5)CN(C5CCC(=O)NC5=O)C6=O)CC4)CC3)cc2)c2ccc(O)cc12. The van der Waals surface area contributed by atoms with Gasteiger partial charge in [-0.1, -0.05) is 12.1 Å². The molecule has 3 saturated heterocycles. The van der Waals surface area contributed by atoms with Crippen LogP contribution in [0.15, 0.2) is 84.9 Å². The maximum absolute atomic E-state index is 13.1. The van der Waals surface area contributed by atoms with Gasteiger partial charge in [-0.05, 0) is 127 Å². The van der Waals surface area contributed by atoms with E-state index >= 15 is 0 Å². The van der Waals surface area contributed by atoms with E-state index in [4.69, 9.17) is 0 Å². The van der Waals surface area contributed by atoms with Crippen molar-refractivity contribution < 1.29 is 24.6 Å². The Hall–Kier alpha value is -5.81. The maximum atomic E-state index is 13.1. The number of piperidine rings is 2. The highest BCUT2D eigenvalue weighted by Gasteiger charge is 2.39. The summed E-state index contributed by atoms with van der Waals surface area (Å²) in [5.74, 6) is 0.380. The molecule has 3 N–H and O–H groups in total. The molecule has 5 aromatic rings. The number of aromatic hydroxyl groups is 2. The van der Waals surface area contributed by atoms with Crippen LogP contribution in [0.2, 0.25) is 0 Å². The summed E-state index contributed by atoms with van der Waals surface area (Å²) in [6, 6.07) is 27.3. The van der Waals surface area contributed by atoms with Gasteiger partial charge in [-0.3, -0.25) is 24.6 Å². The minimum atomic E-state index is -0.593. The molecular formula is C45H48N6O5. The molecule has 4 aliphatic heterocycles. The molecule has 0 bridgehead atoms. The van der Waals surface area contributed by atoms with Crippen molar-refractivity contribution in [3.63, 3.8) is 0 Å². The molecule has 1 aromatic heterocycles. The molecule has 0 spiro atoms. The Morgan fingerprint density at radius 1 is 0.732 bits per heavy atom. The van der Waals surface area contributed by atoms with Gasteiger partial charge in [0.25, 0.3) is 5.91 Å². The van der Waals surface area contributed by atoms with Crippen molar-refractivity contribution in [3.05, 3.63) is 107 Å². The lowest BCUT2D eigenvalue weighted by Crippen LogP contribution is -2.52. The van der Waals surface area contributed by atoms with Crippen LogP contribution in [0.25, 0.3) is 22.2 Å². The van der Waals surface area contributed by atoms with Gasteiger partial charge in [0, 0.05) is 93.2 Å². The highest BCUT2D eigenvalue weighted by atomic mass is 16.3. The monoisotopic (exact) mass is 752 g/mol. The zero-order chi connectivity index (χ0) is 38.5. The summed E-state index contributed by atoms with van der Waals surface area (Å²) in [6.07, 6.45) is 2.97. The molecule has 11 heteroatoms. The molecule has 9 rings (SSSR count). The summed E-state index contributed by atoms with van der Waals surface area (Å²) < 4.78 is 2.31. The number of carbonyl (C=O) groups excluding carboxylic acids is 3. The second-order valence-electron chi connectivity index (χ2n) is 15.9. The summed E-state index contributed by atoms with van der Waals surface area (Å²) in [6.45, 7) is 10.3. The van der Waals surface area contributed by atoms with Gasteiger partial charge in [0.2, 0.25) is 11.8 Å². The third kappa shape index (κ3) is 6.85. The predicted molar refractivity (Wildman–Crippen MR) is 217 cm³/mol. The molecule has 4 aliphatic rings. The van der Waals surface area contributed by atoms with Crippen molar-refractivity contribution in [2.75, 3.05) is 55.6 Å². The van der Waals surface area contributed by atoms with Crippen LogP contribution in [-0.2, 0) is 22.7 Å². The number of phenolic OH excluding ortho intramolecular Hbond substituents is 2. The lowest BCUT2D eigenvalue weighted by molar-refractivity contribution is -0.136. The number of nitrogens with one attached hydrogen (secondary N) is 1. The molecule has 3 amide bonds. The minimum Gasteiger partial charge on any atom is -0.508 e. The van der Waals surface area contributed by atoms with Crippen LogP contribution < -0.4 is 15.1 Å². The Morgan fingerprint density at radius 2 is 1.43 bits per heavy atom. The van der Waals surface area contributed by atoms with Crippen LogP contribution in [0.3, 0.4) is 0 Å². The molecule has 11 nitrogen and oxygen atoms in total. The molecule has 288 valence electrons. The summed E-state index contributed by atoms with van der Waals surface area (Å²) in [4.78, 5) is 46.4. The first-order chi connectivity index (χ1) is 27.2. The van der Waals surface area contributed by atoms with Crippen LogP contribution in [0.1, 0.15) is 52.7 Å². The molecule has 1 atom stereocenters. The Morgan fingerprint density at radius 3 is 2.16 bits per heavy atom. The number of amides is 3. The van der Waals surface area contributed by atoms with E-state index in [-0.39, 0.29) is 35.6 Å². The number of fused-ring (bicyclic) bond motifs is 2. The highest BCUT2D eigenvalue weighted by molar-refractivity contribution is 6.05. The average molecular weight is 753 g/mol. The van der Waals surface area contributed by atoms with Gasteiger partial charge >= 0.3 is 0 Å². The molecule has 3 fully saturated rings. The normalized spacial score (nSPS) is 19.6. The lowest BCUT2D eigenvalue weighted by atomic mass is 9.95. The molecule has 1 unspecified atom stereocenters. The smallest absolute Gasteiger partial charge is 0.255 e. The number of carbonyl (C=O) groups is 3. The first-order valence-electron chi connectivity index (χ1n) is 19.9. The first-order valence-corrected chi connectivity index (χ1v) is 19.9. The van der Waals surface area contributed by atoms with Crippen LogP contribution in [0, 0.1) is 12.8 Å². The second-order valence-corrected chi connectivity index (χ2v) is 15.9. The van der Waals surface area contributed by atoms with E-state index in [1.165, 1.54) is 24.1 Å². The predicted octanol–water partition coefficient (Wildman–Crippen LogP) is 5.88. The average Bonchev–Trinajstić information content (AvgIpc) is 3.67. The number of anilines is 2. The zero-order valence-electron chi connectivity index (χ0n) is 31.8. The van der Waals surface area contributed by atoms with Gasteiger partial charge in [0.05, 0.1) is 5.69 Å². The van der Waals surface area contributed by atoms with E-state index in [2.05, 4.69) is 61.8 Å². The Labute approximate surface area is 326 Å². The van der Waals surface area contributed by atoms with E-state index in [1.807, 2.05) is 36.4 Å². The van der Waals surface area contributed by atoms with Crippen LogP contribution in [0.5, 0.6) is 11.5 Å². The zero-order valence-corrected chi connectivity index (χ0v) is 31.8. The highest BCUT2D eigenvalue weighted by Crippen LogP contribution is 2.37. The molecule has 0 saturated carbocycles. The number of aromatic nitrogens is 1. The fourth-order valence-electron chi connectivity index (χ4n) is 9.35. The van der Waals surface area contributed by atoms with E-state index in [0.29, 0.717) is 31.0 Å². The van der Waals surface area contributed by atoms with Gasteiger partial charge in [-0.2, -0.15) is 0 Å². The molecular weight excluding hydrogens is 705 g/mol. The molecule has 56 heavy (non-hydrogen) atoms. The van der Waals surface area contributed by atoms with E-state index in [0.717, 1.165) is 84.8 Å². The summed E-state index contributed by atoms with van der Waals surface area (Å²) in [7, 11) is 0. The van der Waals surface area contributed by atoms with Gasteiger partial charge in [-0.15, -0.1) is 0 Å². The molecule has 5 heterocycles. The molecule has 4 aromatic carbocycles. The summed E-state index contributed by atoms with van der Waals surface area (Å²) in [5.41, 5.74) is 9.46. The third-order valence-corrected chi connectivity index (χ3v) is 12.5. The van der Waals surface area contributed by atoms with Crippen molar-refractivity contribution in [1.29, 1.82) is 0 Å². The van der Waals surface area contributed by atoms with Crippen LogP contribution in [-0.4, -0.2) is 94.2 Å². The van der Waals surface area contributed by atoms with Crippen molar-refractivity contribution in [2.45, 2.75) is 51.7 Å². The number of aryl methyl sites for hydroxylation is 1. The van der Waals surface area contributed by atoms with Gasteiger partial charge in [-0.25, -0.2) is 0 Å². The fourth-order valence-corrected chi connectivity index (χ4v) is 9.35. The first kappa shape index (κ1) is 35.9. The number of hydrogen-bond donors (Lipinski definition) is 3. The van der Waals surface area contributed by atoms with Crippen molar-refractivity contribution in [1.82, 2.24) is 19.7 Å². The standard InChI is InChI=1S/C45H48N6O5/c1-29-39-25-37(53)11-13-40(39)50(43(29)32-4-9-36(52)10-5-32)27-30-2-6-34(7-3-30)48-18-16-31(17-19-48)26-47-20-22-49(23-21-47)35-8-12-38-33(24-35)28-51(45(38)56)41-14-15-42(54)46-44(41)55/h2-13,24-25,31,41,52-53H,14-23,26-28H2,1H3,(H,46,54,55). The Balaban J connectivity index is 0.777. The van der Waals surface area contributed by atoms with Gasteiger partial charge < -0.3 is 29.5 Å². The van der Waals surface area contributed by atoms with Crippen molar-refractivity contribution >= 4 is 40.0 Å².